The van der Waals surface area contributed by atoms with Crippen molar-refractivity contribution in [3.63, 3.8) is 0 Å². The molecule has 7 heteroatoms. The third-order valence-electron chi connectivity index (χ3n) is 3.59. The molecular weight excluding hydrogens is 455 g/mol. The highest BCUT2D eigenvalue weighted by Crippen LogP contribution is 2.14. The van der Waals surface area contributed by atoms with Gasteiger partial charge < -0.3 is 20.1 Å². The van der Waals surface area contributed by atoms with Crippen molar-refractivity contribution >= 4 is 29.9 Å². The van der Waals surface area contributed by atoms with Gasteiger partial charge in [0, 0.05) is 32.9 Å². The van der Waals surface area contributed by atoms with Gasteiger partial charge in [0.05, 0.1) is 25.4 Å². The monoisotopic (exact) mass is 484 g/mol. The number of benzene rings is 1. The van der Waals surface area contributed by atoms with Crippen LogP contribution in [0.1, 0.15) is 24.6 Å². The van der Waals surface area contributed by atoms with Gasteiger partial charge in [-0.1, -0.05) is 18.2 Å². The van der Waals surface area contributed by atoms with Crippen LogP contribution in [0.15, 0.2) is 53.7 Å². The maximum absolute atomic E-state index is 5.74. The van der Waals surface area contributed by atoms with Crippen LogP contribution < -0.4 is 15.4 Å². The highest BCUT2D eigenvalue weighted by atomic mass is 127. The van der Waals surface area contributed by atoms with E-state index in [-0.39, 0.29) is 24.0 Å². The summed E-state index contributed by atoms with van der Waals surface area (Å²) in [5.41, 5.74) is 2.08. The lowest BCUT2D eigenvalue weighted by atomic mass is 10.2. The van der Waals surface area contributed by atoms with Gasteiger partial charge in [-0.2, -0.15) is 0 Å². The largest absolute Gasteiger partial charge is 0.493 e. The minimum atomic E-state index is 0. The van der Waals surface area contributed by atoms with Gasteiger partial charge in [0.1, 0.15) is 5.75 Å². The zero-order chi connectivity index (χ0) is 18.5. The van der Waals surface area contributed by atoms with E-state index in [0.717, 1.165) is 35.9 Å². The van der Waals surface area contributed by atoms with Gasteiger partial charge in [-0.15, -0.1) is 24.0 Å². The number of hydrogen-bond donors (Lipinski definition) is 2. The average molecular weight is 484 g/mol. The number of nitrogens with zero attached hydrogens (tertiary/aromatic N) is 2. The molecule has 2 N–H and O–H groups in total. The number of hydrogen-bond acceptors (Lipinski definition) is 4. The molecule has 0 radical (unpaired) electrons. The summed E-state index contributed by atoms with van der Waals surface area (Å²) in [5.74, 6) is 1.63. The van der Waals surface area contributed by atoms with E-state index >= 15 is 0 Å². The molecule has 2 rings (SSSR count). The van der Waals surface area contributed by atoms with Crippen LogP contribution in [0, 0.1) is 0 Å². The number of halogens is 1. The first kappa shape index (κ1) is 23.2. The zero-order valence-corrected chi connectivity index (χ0v) is 18.3. The van der Waals surface area contributed by atoms with E-state index in [1.165, 1.54) is 0 Å². The predicted molar refractivity (Wildman–Crippen MR) is 120 cm³/mol. The van der Waals surface area contributed by atoms with Crippen molar-refractivity contribution in [3.05, 3.63) is 59.9 Å². The molecule has 27 heavy (non-hydrogen) atoms. The number of ether oxygens (including phenoxy) is 2. The molecule has 0 unspecified atom stereocenters. The number of aliphatic imine (C=N–C) groups is 1. The first-order chi connectivity index (χ1) is 12.8. The third-order valence-corrected chi connectivity index (χ3v) is 3.59. The van der Waals surface area contributed by atoms with E-state index < -0.39 is 0 Å². The number of pyridine rings is 1. The Morgan fingerprint density at radius 3 is 2.74 bits per heavy atom. The molecule has 1 aromatic heterocycles. The van der Waals surface area contributed by atoms with E-state index in [1.807, 2.05) is 49.4 Å². The van der Waals surface area contributed by atoms with Crippen molar-refractivity contribution in [1.29, 1.82) is 0 Å². The van der Waals surface area contributed by atoms with Crippen LogP contribution >= 0.6 is 24.0 Å². The summed E-state index contributed by atoms with van der Waals surface area (Å²) >= 11 is 0. The molecule has 148 valence electrons. The highest BCUT2D eigenvalue weighted by Gasteiger charge is 2.01. The summed E-state index contributed by atoms with van der Waals surface area (Å²) in [5, 5.41) is 6.55. The molecule has 1 heterocycles. The highest BCUT2D eigenvalue weighted by molar-refractivity contribution is 14.0. The van der Waals surface area contributed by atoms with Crippen molar-refractivity contribution in [3.8, 4) is 5.75 Å². The summed E-state index contributed by atoms with van der Waals surface area (Å²) in [6.07, 6.45) is 2.67. The molecule has 0 aliphatic rings. The Bertz CT molecular complexity index is 668. The smallest absolute Gasteiger partial charge is 0.191 e. The zero-order valence-electron chi connectivity index (χ0n) is 16.0. The van der Waals surface area contributed by atoms with E-state index in [2.05, 4.69) is 20.6 Å². The Hall–Kier alpha value is -1.87. The fraction of sp³-hybridized carbons (Fsp3) is 0.400. The van der Waals surface area contributed by atoms with Gasteiger partial charge in [-0.3, -0.25) is 4.98 Å². The minimum Gasteiger partial charge on any atom is -0.493 e. The fourth-order valence-electron chi connectivity index (χ4n) is 2.32. The lowest BCUT2D eigenvalue weighted by Crippen LogP contribution is -2.36. The van der Waals surface area contributed by atoms with E-state index in [9.17, 15) is 0 Å². The van der Waals surface area contributed by atoms with Crippen molar-refractivity contribution in [2.75, 3.05) is 26.9 Å². The van der Waals surface area contributed by atoms with Crippen LogP contribution in [-0.2, 0) is 17.8 Å². The molecule has 0 saturated carbocycles. The third kappa shape index (κ3) is 9.58. The van der Waals surface area contributed by atoms with Crippen LogP contribution in [0.2, 0.25) is 0 Å². The molecular formula is C20H29IN4O2. The summed E-state index contributed by atoms with van der Waals surface area (Å²) in [6, 6.07) is 13.9. The molecule has 0 spiro atoms. The van der Waals surface area contributed by atoms with Crippen LogP contribution in [0.5, 0.6) is 5.75 Å². The number of methoxy groups -OCH3 is 1. The van der Waals surface area contributed by atoms with Crippen molar-refractivity contribution < 1.29 is 9.47 Å². The molecule has 0 bridgehead atoms. The van der Waals surface area contributed by atoms with Crippen LogP contribution in [0.25, 0.3) is 0 Å². The average Bonchev–Trinajstić information content (AvgIpc) is 2.68. The molecule has 0 aliphatic heterocycles. The Balaban J connectivity index is 0.00000364. The standard InChI is InChI=1S/C20H28N4O2.HI/c1-3-21-20(24-16-18-9-4-5-11-22-18)23-15-17-8-6-10-19(14-17)26-13-7-12-25-2;/h4-6,8-11,14H,3,7,12-13,15-16H2,1-2H3,(H2,21,23,24);1H. The summed E-state index contributed by atoms with van der Waals surface area (Å²) < 4.78 is 10.8. The van der Waals surface area contributed by atoms with Crippen molar-refractivity contribution in [2.45, 2.75) is 26.4 Å². The van der Waals surface area contributed by atoms with E-state index in [4.69, 9.17) is 9.47 Å². The minimum absolute atomic E-state index is 0. The topological polar surface area (TPSA) is 67.8 Å². The molecule has 0 aliphatic carbocycles. The first-order valence-corrected chi connectivity index (χ1v) is 8.94. The molecule has 0 saturated heterocycles. The van der Waals surface area contributed by atoms with Gasteiger partial charge in [0.2, 0.25) is 0 Å². The summed E-state index contributed by atoms with van der Waals surface area (Å²) in [4.78, 5) is 8.95. The van der Waals surface area contributed by atoms with Crippen LogP contribution in [-0.4, -0.2) is 37.8 Å². The van der Waals surface area contributed by atoms with Crippen molar-refractivity contribution in [2.24, 2.45) is 4.99 Å². The Labute approximate surface area is 178 Å². The molecule has 6 nitrogen and oxygen atoms in total. The lowest BCUT2D eigenvalue weighted by molar-refractivity contribution is 0.172. The second kappa shape index (κ2) is 14.2. The van der Waals surface area contributed by atoms with Gasteiger partial charge >= 0.3 is 0 Å². The Morgan fingerprint density at radius 2 is 2.00 bits per heavy atom. The van der Waals surface area contributed by atoms with Crippen LogP contribution in [0.4, 0.5) is 0 Å². The lowest BCUT2D eigenvalue weighted by Gasteiger charge is -2.11. The Morgan fingerprint density at radius 1 is 1.11 bits per heavy atom. The second-order valence-electron chi connectivity index (χ2n) is 5.71. The fourth-order valence-corrected chi connectivity index (χ4v) is 2.32. The van der Waals surface area contributed by atoms with Gasteiger partial charge in [-0.05, 0) is 36.8 Å². The van der Waals surface area contributed by atoms with Gasteiger partial charge in [0.15, 0.2) is 5.96 Å². The maximum atomic E-state index is 5.74. The molecule has 0 atom stereocenters. The Kier molecular flexibility index (Phi) is 12.2. The van der Waals surface area contributed by atoms with E-state index in [1.54, 1.807) is 13.3 Å². The number of guanidine groups is 1. The quantitative estimate of drug-likeness (QED) is 0.234. The predicted octanol–water partition coefficient (Wildman–Crippen LogP) is 3.37. The van der Waals surface area contributed by atoms with E-state index in [0.29, 0.717) is 26.3 Å². The molecule has 0 amide bonds. The summed E-state index contributed by atoms with van der Waals surface area (Å²) in [7, 11) is 1.70. The normalized spacial score (nSPS) is 10.8. The summed E-state index contributed by atoms with van der Waals surface area (Å²) in [6.45, 7) is 5.41. The van der Waals surface area contributed by atoms with Gasteiger partial charge in [0.25, 0.3) is 0 Å². The first-order valence-electron chi connectivity index (χ1n) is 8.94. The van der Waals surface area contributed by atoms with Crippen molar-refractivity contribution in [1.82, 2.24) is 15.6 Å². The maximum Gasteiger partial charge on any atom is 0.191 e. The van der Waals surface area contributed by atoms with Crippen LogP contribution in [0.3, 0.4) is 0 Å². The SMILES string of the molecule is CCNC(=NCc1cccc(OCCCOC)c1)NCc1ccccn1.I. The number of rotatable bonds is 10. The molecule has 2 aromatic rings. The van der Waals surface area contributed by atoms with Gasteiger partial charge in [-0.25, -0.2) is 4.99 Å². The second-order valence-corrected chi connectivity index (χ2v) is 5.71. The molecule has 0 fully saturated rings. The molecule has 1 aromatic carbocycles. The number of nitrogens with one attached hydrogen (secondary N) is 2. The number of aromatic nitrogens is 1.